The van der Waals surface area contributed by atoms with Gasteiger partial charge in [0.05, 0.1) is 26.4 Å². The van der Waals surface area contributed by atoms with Crippen molar-refractivity contribution in [1.82, 2.24) is 0 Å². The van der Waals surface area contributed by atoms with Crippen LogP contribution in [0.4, 0.5) is 0 Å². The minimum Gasteiger partial charge on any atom is -0.462 e. The molecular weight excluding hydrogens is 1110 g/mol. The van der Waals surface area contributed by atoms with Crippen LogP contribution < -0.4 is 0 Å². The number of hydrogen-bond acceptors (Lipinski definition) is 15. The maximum atomic E-state index is 13.0. The number of hydrogen-bond donors (Lipinski definition) is 3. The molecule has 0 aliphatic rings. The largest absolute Gasteiger partial charge is 0.472 e. The van der Waals surface area contributed by atoms with Crippen molar-refractivity contribution in [1.29, 1.82) is 0 Å². The third kappa shape index (κ3) is 59.0. The summed E-state index contributed by atoms with van der Waals surface area (Å²) >= 11 is 0. The lowest BCUT2D eigenvalue weighted by atomic mass is 10.0. The monoisotopic (exact) mass is 1240 g/mol. The molecule has 3 N–H and O–H groups in total. The van der Waals surface area contributed by atoms with Gasteiger partial charge in [-0.2, -0.15) is 0 Å². The van der Waals surface area contributed by atoms with E-state index in [1.165, 1.54) is 128 Å². The molecule has 0 aromatic heterocycles. The fourth-order valence-electron chi connectivity index (χ4n) is 9.71. The minimum atomic E-state index is -4.94. The summed E-state index contributed by atoms with van der Waals surface area (Å²) in [5.74, 6) is -0.630. The van der Waals surface area contributed by atoms with Gasteiger partial charge in [0.1, 0.15) is 19.3 Å². The normalized spacial score (nSPS) is 14.3. The van der Waals surface area contributed by atoms with Crippen molar-refractivity contribution >= 4 is 39.5 Å². The Hall–Kier alpha value is -1.94. The van der Waals surface area contributed by atoms with E-state index >= 15 is 0 Å². The molecule has 19 heteroatoms. The van der Waals surface area contributed by atoms with Crippen LogP contribution in [0.15, 0.2) is 0 Å². The molecule has 17 nitrogen and oxygen atoms in total. The molecule has 0 amide bonds. The second kappa shape index (κ2) is 57.5. The van der Waals surface area contributed by atoms with Crippen LogP contribution in [0.2, 0.25) is 0 Å². The van der Waals surface area contributed by atoms with Gasteiger partial charge in [-0.05, 0) is 37.5 Å². The number of unbranched alkanes of at least 4 members (excludes halogenated alkanes) is 34. The van der Waals surface area contributed by atoms with E-state index in [0.29, 0.717) is 31.6 Å². The molecule has 0 bridgehead atoms. The first kappa shape index (κ1) is 82.1. The van der Waals surface area contributed by atoms with E-state index < -0.39 is 97.5 Å². The molecule has 0 heterocycles. The Balaban J connectivity index is 5.11. The van der Waals surface area contributed by atoms with Crippen LogP contribution in [0, 0.1) is 11.8 Å². The SMILES string of the molecule is CCCCCCCCCCCCC(=O)O[C@H](COC(=O)CCCCCCC)COP(=O)(O)OC[C@H](O)COP(=O)(O)OC[C@@H](COC(=O)CCCCCCCCCC(C)C)OC(=O)CCCCCCCCCCCCCCCCCCC(C)C. The van der Waals surface area contributed by atoms with Gasteiger partial charge in [-0.3, -0.25) is 37.3 Å². The zero-order valence-corrected chi connectivity index (χ0v) is 56.0. The molecular formula is C65H126O17P2. The van der Waals surface area contributed by atoms with E-state index in [4.69, 9.17) is 37.0 Å². The van der Waals surface area contributed by atoms with Gasteiger partial charge in [0, 0.05) is 25.7 Å². The number of esters is 4. The molecule has 0 fully saturated rings. The fraction of sp³-hybridized carbons (Fsp3) is 0.938. The van der Waals surface area contributed by atoms with Crippen molar-refractivity contribution in [2.45, 2.75) is 342 Å². The highest BCUT2D eigenvalue weighted by Gasteiger charge is 2.30. The Morgan fingerprint density at radius 2 is 0.548 bits per heavy atom. The molecule has 0 rings (SSSR count). The van der Waals surface area contributed by atoms with Gasteiger partial charge in [-0.25, -0.2) is 9.13 Å². The molecule has 0 aromatic rings. The zero-order valence-electron chi connectivity index (χ0n) is 54.2. The number of aliphatic hydroxyl groups is 1. The average Bonchev–Trinajstić information content (AvgIpc) is 3.49. The van der Waals surface area contributed by atoms with Crippen LogP contribution in [-0.2, 0) is 65.4 Å². The Morgan fingerprint density at radius 1 is 0.321 bits per heavy atom. The molecule has 0 aliphatic carbocycles. The van der Waals surface area contributed by atoms with E-state index in [2.05, 4.69) is 41.5 Å². The summed E-state index contributed by atoms with van der Waals surface area (Å²) in [5, 5.41) is 10.5. The number of aliphatic hydroxyl groups excluding tert-OH is 1. The predicted octanol–water partition coefficient (Wildman–Crippen LogP) is 18.0. The summed E-state index contributed by atoms with van der Waals surface area (Å²) < 4.78 is 67.8. The summed E-state index contributed by atoms with van der Waals surface area (Å²) in [5.41, 5.74) is 0. The summed E-state index contributed by atoms with van der Waals surface area (Å²) in [6.07, 6.45) is 40.8. The number of carbonyl (C=O) groups is 4. The molecule has 84 heavy (non-hydrogen) atoms. The smallest absolute Gasteiger partial charge is 0.462 e. The van der Waals surface area contributed by atoms with E-state index in [1.54, 1.807) is 0 Å². The predicted molar refractivity (Wildman–Crippen MR) is 335 cm³/mol. The number of rotatable bonds is 64. The quantitative estimate of drug-likeness (QED) is 0.0222. The van der Waals surface area contributed by atoms with Crippen molar-refractivity contribution in [2.24, 2.45) is 11.8 Å². The Labute approximate surface area is 511 Å². The van der Waals surface area contributed by atoms with Crippen LogP contribution in [0.3, 0.4) is 0 Å². The lowest BCUT2D eigenvalue weighted by molar-refractivity contribution is -0.161. The first-order chi connectivity index (χ1) is 40.4. The van der Waals surface area contributed by atoms with Crippen molar-refractivity contribution in [3.8, 4) is 0 Å². The average molecular weight is 1240 g/mol. The lowest BCUT2D eigenvalue weighted by Gasteiger charge is -2.21. The van der Waals surface area contributed by atoms with Crippen molar-refractivity contribution in [2.75, 3.05) is 39.6 Å². The van der Waals surface area contributed by atoms with Gasteiger partial charge in [0.25, 0.3) is 0 Å². The summed E-state index contributed by atoms with van der Waals surface area (Å²) in [6.45, 7) is 9.38. The van der Waals surface area contributed by atoms with Gasteiger partial charge >= 0.3 is 39.5 Å². The van der Waals surface area contributed by atoms with Crippen molar-refractivity contribution in [3.05, 3.63) is 0 Å². The minimum absolute atomic E-state index is 0.105. The van der Waals surface area contributed by atoms with E-state index in [0.717, 1.165) is 109 Å². The highest BCUT2D eigenvalue weighted by atomic mass is 31.2. The summed E-state index contributed by atoms with van der Waals surface area (Å²) in [7, 11) is -9.88. The van der Waals surface area contributed by atoms with Crippen LogP contribution in [-0.4, -0.2) is 96.7 Å². The second-order valence-corrected chi connectivity index (χ2v) is 27.4. The standard InChI is InChI=1S/C65H126O17P2/c1-7-9-11-13-14-15-25-30-37-43-49-64(69)81-60(53-75-62(67)47-41-33-12-10-8-2)55-79-83(71,72)77-51-59(66)52-78-84(73,74)80-56-61(54-76-63(68)48-42-36-32-27-29-35-40-46-58(5)6)82-65(70)50-44-38-31-26-23-21-19-17-16-18-20-22-24-28-34-39-45-57(3)4/h57-61,66H,7-56H2,1-6H3,(H,71,72)(H,73,74)/t59-,60+,61+/m0/s1. The Kier molecular flexibility index (Phi) is 56.2. The second-order valence-electron chi connectivity index (χ2n) is 24.5. The van der Waals surface area contributed by atoms with Crippen molar-refractivity contribution < 1.29 is 80.2 Å². The topological polar surface area (TPSA) is 237 Å². The molecule has 0 saturated carbocycles. The van der Waals surface area contributed by atoms with E-state index in [-0.39, 0.29) is 25.7 Å². The lowest BCUT2D eigenvalue weighted by Crippen LogP contribution is -2.30. The maximum Gasteiger partial charge on any atom is 0.472 e. The van der Waals surface area contributed by atoms with E-state index in [9.17, 15) is 43.2 Å². The zero-order chi connectivity index (χ0) is 62.2. The van der Waals surface area contributed by atoms with Crippen LogP contribution in [0.1, 0.15) is 324 Å². The van der Waals surface area contributed by atoms with Crippen LogP contribution in [0.25, 0.3) is 0 Å². The molecule has 0 saturated heterocycles. The number of carbonyl (C=O) groups excluding carboxylic acids is 4. The number of phosphoric ester groups is 2. The molecule has 0 spiro atoms. The van der Waals surface area contributed by atoms with Crippen LogP contribution >= 0.6 is 15.6 Å². The summed E-state index contributed by atoms with van der Waals surface area (Å²) in [6, 6.07) is 0. The van der Waals surface area contributed by atoms with Gasteiger partial charge in [-0.1, -0.05) is 273 Å². The first-order valence-electron chi connectivity index (χ1n) is 34.0. The number of ether oxygens (including phenoxy) is 4. The van der Waals surface area contributed by atoms with Crippen molar-refractivity contribution in [3.63, 3.8) is 0 Å². The van der Waals surface area contributed by atoms with Gasteiger partial charge < -0.3 is 33.8 Å². The first-order valence-corrected chi connectivity index (χ1v) is 37.0. The summed E-state index contributed by atoms with van der Waals surface area (Å²) in [4.78, 5) is 71.9. The van der Waals surface area contributed by atoms with Crippen LogP contribution in [0.5, 0.6) is 0 Å². The Morgan fingerprint density at radius 3 is 0.810 bits per heavy atom. The molecule has 498 valence electrons. The molecule has 5 atom stereocenters. The third-order valence-corrected chi connectivity index (χ3v) is 16.9. The van der Waals surface area contributed by atoms with E-state index in [1.807, 2.05) is 0 Å². The molecule has 0 aliphatic heterocycles. The number of phosphoric acid groups is 2. The Bertz CT molecular complexity index is 1650. The fourth-order valence-corrected chi connectivity index (χ4v) is 11.3. The highest BCUT2D eigenvalue weighted by molar-refractivity contribution is 7.47. The van der Waals surface area contributed by atoms with Gasteiger partial charge in [0.2, 0.25) is 0 Å². The molecule has 0 radical (unpaired) electrons. The van der Waals surface area contributed by atoms with Gasteiger partial charge in [0.15, 0.2) is 12.2 Å². The molecule has 0 aromatic carbocycles. The molecule has 2 unspecified atom stereocenters. The maximum absolute atomic E-state index is 13.0. The van der Waals surface area contributed by atoms with Gasteiger partial charge in [-0.15, -0.1) is 0 Å². The highest BCUT2D eigenvalue weighted by Crippen LogP contribution is 2.45. The third-order valence-electron chi connectivity index (χ3n) is 15.0.